The summed E-state index contributed by atoms with van der Waals surface area (Å²) >= 11 is 0. The molecule has 1 aromatic heterocycles. The fourth-order valence-electron chi connectivity index (χ4n) is 2.57. The van der Waals surface area contributed by atoms with Gasteiger partial charge in [-0.2, -0.15) is 5.10 Å². The second kappa shape index (κ2) is 10.3. The maximum Gasteiger partial charge on any atom is 0.331 e. The van der Waals surface area contributed by atoms with Crippen molar-refractivity contribution in [3.05, 3.63) is 53.1 Å². The molecule has 0 aliphatic carbocycles. The molecule has 0 spiro atoms. The largest absolute Gasteiger partial charge is 0.452 e. The SMILES string of the molecule is Cc1nn(-c2ccc(F)cc2)c(C)c1/C=C/C(=O)OCC(=O)NC(=O)NCC(C)C. The minimum atomic E-state index is -0.735. The van der Waals surface area contributed by atoms with Gasteiger partial charge >= 0.3 is 12.0 Å². The molecule has 2 rings (SSSR count). The number of hydrogen-bond donors (Lipinski definition) is 2. The summed E-state index contributed by atoms with van der Waals surface area (Å²) in [6.07, 6.45) is 2.71. The molecule has 0 aliphatic rings. The second-order valence-electron chi connectivity index (χ2n) is 7.07. The highest BCUT2D eigenvalue weighted by molar-refractivity contribution is 5.96. The number of amides is 3. The van der Waals surface area contributed by atoms with Gasteiger partial charge in [-0.15, -0.1) is 0 Å². The van der Waals surface area contributed by atoms with Gasteiger partial charge in [0.05, 0.1) is 11.4 Å². The molecule has 0 saturated carbocycles. The number of halogens is 1. The minimum Gasteiger partial charge on any atom is -0.452 e. The van der Waals surface area contributed by atoms with E-state index in [9.17, 15) is 18.8 Å². The Labute approximate surface area is 174 Å². The Bertz CT molecular complexity index is 949. The third kappa shape index (κ3) is 6.54. The second-order valence-corrected chi connectivity index (χ2v) is 7.07. The van der Waals surface area contributed by atoms with E-state index in [2.05, 4.69) is 15.7 Å². The number of esters is 1. The van der Waals surface area contributed by atoms with E-state index in [-0.39, 0.29) is 11.7 Å². The fraction of sp³-hybridized carbons (Fsp3) is 0.333. The highest BCUT2D eigenvalue weighted by Crippen LogP contribution is 2.19. The summed E-state index contributed by atoms with van der Waals surface area (Å²) in [5.41, 5.74) is 2.81. The predicted octanol–water partition coefficient (Wildman–Crippen LogP) is 2.67. The zero-order chi connectivity index (χ0) is 22.3. The molecule has 0 unspecified atom stereocenters. The molecule has 2 N–H and O–H groups in total. The molecular weight excluding hydrogens is 391 g/mol. The summed E-state index contributed by atoms with van der Waals surface area (Å²) in [6, 6.07) is 5.25. The van der Waals surface area contributed by atoms with Crippen molar-refractivity contribution < 1.29 is 23.5 Å². The van der Waals surface area contributed by atoms with Crippen molar-refractivity contribution in [3.8, 4) is 5.69 Å². The van der Waals surface area contributed by atoms with Gasteiger partial charge < -0.3 is 10.1 Å². The van der Waals surface area contributed by atoms with Crippen LogP contribution >= 0.6 is 0 Å². The van der Waals surface area contributed by atoms with Gasteiger partial charge in [0.1, 0.15) is 5.82 Å². The zero-order valence-corrected chi connectivity index (χ0v) is 17.4. The molecular formula is C21H25FN4O4. The molecule has 3 amide bonds. The van der Waals surface area contributed by atoms with E-state index in [1.807, 2.05) is 20.8 Å². The van der Waals surface area contributed by atoms with Gasteiger partial charge in [-0.3, -0.25) is 10.1 Å². The molecule has 0 bridgehead atoms. The molecule has 8 nitrogen and oxygen atoms in total. The number of ether oxygens (including phenoxy) is 1. The van der Waals surface area contributed by atoms with Crippen molar-refractivity contribution in [2.45, 2.75) is 27.7 Å². The summed E-state index contributed by atoms with van der Waals surface area (Å²) < 4.78 is 19.6. The van der Waals surface area contributed by atoms with Gasteiger partial charge in [-0.1, -0.05) is 13.8 Å². The van der Waals surface area contributed by atoms with Gasteiger partial charge in [0.25, 0.3) is 5.91 Å². The molecule has 0 atom stereocenters. The minimum absolute atomic E-state index is 0.244. The average molecular weight is 416 g/mol. The Balaban J connectivity index is 1.93. The number of carbonyl (C=O) groups excluding carboxylic acids is 3. The first-order chi connectivity index (χ1) is 14.2. The number of aromatic nitrogens is 2. The maximum atomic E-state index is 13.1. The molecule has 30 heavy (non-hydrogen) atoms. The number of urea groups is 1. The van der Waals surface area contributed by atoms with E-state index in [4.69, 9.17) is 4.74 Å². The monoisotopic (exact) mass is 416 g/mol. The van der Waals surface area contributed by atoms with Crippen LogP contribution in [-0.4, -0.2) is 40.8 Å². The molecule has 160 valence electrons. The van der Waals surface area contributed by atoms with Crippen molar-refractivity contribution in [2.75, 3.05) is 13.2 Å². The van der Waals surface area contributed by atoms with Crippen molar-refractivity contribution in [3.63, 3.8) is 0 Å². The summed E-state index contributed by atoms with van der Waals surface area (Å²) in [4.78, 5) is 35.1. The van der Waals surface area contributed by atoms with Gasteiger partial charge in [0.2, 0.25) is 0 Å². The normalized spacial score (nSPS) is 11.0. The number of carbonyl (C=O) groups is 3. The highest BCUT2D eigenvalue weighted by atomic mass is 19.1. The number of nitrogens with zero attached hydrogens (tertiary/aromatic N) is 2. The van der Waals surface area contributed by atoms with Crippen molar-refractivity contribution >= 4 is 24.0 Å². The van der Waals surface area contributed by atoms with Gasteiger partial charge in [-0.25, -0.2) is 18.7 Å². The summed E-state index contributed by atoms with van der Waals surface area (Å²) in [5.74, 6) is -1.56. The van der Waals surface area contributed by atoms with E-state index in [0.717, 1.165) is 5.69 Å². The van der Waals surface area contributed by atoms with E-state index in [1.165, 1.54) is 24.3 Å². The Hall–Kier alpha value is -3.49. The van der Waals surface area contributed by atoms with Crippen LogP contribution in [0.3, 0.4) is 0 Å². The number of hydrogen-bond acceptors (Lipinski definition) is 5. The summed E-state index contributed by atoms with van der Waals surface area (Å²) in [6.45, 7) is 7.28. The zero-order valence-electron chi connectivity index (χ0n) is 17.4. The van der Waals surface area contributed by atoms with Crippen molar-refractivity contribution in [2.24, 2.45) is 5.92 Å². The number of benzene rings is 1. The molecule has 9 heteroatoms. The Morgan fingerprint density at radius 2 is 1.87 bits per heavy atom. The van der Waals surface area contributed by atoms with Gasteiger partial charge in [0, 0.05) is 23.9 Å². The molecule has 1 aromatic carbocycles. The topological polar surface area (TPSA) is 102 Å². The Morgan fingerprint density at radius 3 is 2.50 bits per heavy atom. The fourth-order valence-corrected chi connectivity index (χ4v) is 2.57. The first kappa shape index (κ1) is 22.8. The molecule has 0 saturated heterocycles. The Morgan fingerprint density at radius 1 is 1.20 bits per heavy atom. The van der Waals surface area contributed by atoms with Crippen LogP contribution in [0.1, 0.15) is 30.8 Å². The lowest BCUT2D eigenvalue weighted by Crippen LogP contribution is -2.42. The van der Waals surface area contributed by atoms with Crippen LogP contribution in [0.5, 0.6) is 0 Å². The van der Waals surface area contributed by atoms with E-state index in [0.29, 0.717) is 23.5 Å². The lowest BCUT2D eigenvalue weighted by Gasteiger charge is -2.08. The van der Waals surface area contributed by atoms with Crippen molar-refractivity contribution in [1.29, 1.82) is 0 Å². The summed E-state index contributed by atoms with van der Waals surface area (Å²) in [7, 11) is 0. The Kier molecular flexibility index (Phi) is 7.85. The summed E-state index contributed by atoms with van der Waals surface area (Å²) in [5, 5.41) is 9.01. The van der Waals surface area contributed by atoms with Crippen LogP contribution in [0.4, 0.5) is 9.18 Å². The first-order valence-corrected chi connectivity index (χ1v) is 9.42. The van der Waals surface area contributed by atoms with Crippen molar-refractivity contribution in [1.82, 2.24) is 20.4 Å². The van der Waals surface area contributed by atoms with Gasteiger partial charge in [0.15, 0.2) is 6.61 Å². The average Bonchev–Trinajstić information content (AvgIpc) is 2.97. The number of nitrogens with one attached hydrogen (secondary N) is 2. The van der Waals surface area contributed by atoms with Crippen LogP contribution in [0.25, 0.3) is 11.8 Å². The van der Waals surface area contributed by atoms with Crippen LogP contribution in [0, 0.1) is 25.6 Å². The molecule has 0 fully saturated rings. The molecule has 0 aliphatic heterocycles. The first-order valence-electron chi connectivity index (χ1n) is 9.42. The smallest absolute Gasteiger partial charge is 0.331 e. The standard InChI is InChI=1S/C21H25FN4O4/c1-13(2)11-23-21(29)24-19(27)12-30-20(28)10-9-18-14(3)25-26(15(18)4)17-7-5-16(22)6-8-17/h5-10,13H,11-12H2,1-4H3,(H2,23,24,27,29)/b10-9+. The molecule has 0 radical (unpaired) electrons. The molecule has 1 heterocycles. The lowest BCUT2D eigenvalue weighted by atomic mass is 10.2. The van der Waals surface area contributed by atoms with E-state index < -0.39 is 24.5 Å². The molecule has 2 aromatic rings. The van der Waals surface area contributed by atoms with Crippen LogP contribution in [0.15, 0.2) is 30.3 Å². The third-order valence-electron chi connectivity index (χ3n) is 4.07. The van der Waals surface area contributed by atoms with E-state index in [1.54, 1.807) is 23.7 Å². The third-order valence-corrected chi connectivity index (χ3v) is 4.07. The van der Waals surface area contributed by atoms with Gasteiger partial charge in [-0.05, 0) is 50.1 Å². The van der Waals surface area contributed by atoms with Crippen LogP contribution in [-0.2, 0) is 14.3 Å². The number of imide groups is 1. The van der Waals surface area contributed by atoms with Crippen LogP contribution in [0.2, 0.25) is 0 Å². The quantitative estimate of drug-likeness (QED) is 0.534. The number of aryl methyl sites for hydroxylation is 1. The lowest BCUT2D eigenvalue weighted by molar-refractivity contribution is -0.143. The predicted molar refractivity (Wildman–Crippen MR) is 109 cm³/mol. The van der Waals surface area contributed by atoms with E-state index >= 15 is 0 Å². The highest BCUT2D eigenvalue weighted by Gasteiger charge is 2.13. The maximum absolute atomic E-state index is 13.1. The number of rotatable bonds is 7. The van der Waals surface area contributed by atoms with Crippen LogP contribution < -0.4 is 10.6 Å².